The molecular weight excluding hydrogens is 340 g/mol. The summed E-state index contributed by atoms with van der Waals surface area (Å²) in [5, 5.41) is 2.91. The second-order valence-corrected chi connectivity index (χ2v) is 4.89. The van der Waals surface area contributed by atoms with E-state index < -0.39 is 11.9 Å². The normalized spacial score (nSPS) is 11.4. The molecule has 1 heterocycles. The van der Waals surface area contributed by atoms with Gasteiger partial charge >= 0.3 is 6.18 Å². The van der Waals surface area contributed by atoms with Crippen LogP contribution in [0.5, 0.6) is 0 Å². The second kappa shape index (κ2) is 5.78. The molecule has 0 saturated heterocycles. The molecule has 7 heteroatoms. The fourth-order valence-electron chi connectivity index (χ4n) is 1.52. The van der Waals surface area contributed by atoms with Crippen molar-refractivity contribution >= 4 is 21.6 Å². The average Bonchev–Trinajstić information content (AvgIpc) is 2.40. The summed E-state index contributed by atoms with van der Waals surface area (Å²) in [6, 6.07) is 6.70. The van der Waals surface area contributed by atoms with Gasteiger partial charge in [0, 0.05) is 6.54 Å². The number of aromatic nitrogens is 1. The van der Waals surface area contributed by atoms with Gasteiger partial charge in [0.05, 0.1) is 16.4 Å². The van der Waals surface area contributed by atoms with E-state index in [1.165, 1.54) is 12.1 Å². The summed E-state index contributed by atoms with van der Waals surface area (Å²) < 4.78 is 50.4. The molecule has 2 aromatic rings. The maximum atomic E-state index is 13.0. The van der Waals surface area contributed by atoms with Crippen molar-refractivity contribution in [3.8, 4) is 0 Å². The summed E-state index contributed by atoms with van der Waals surface area (Å²) in [6.45, 7) is 0.353. The van der Waals surface area contributed by atoms with Crippen molar-refractivity contribution in [1.29, 1.82) is 0 Å². The second-order valence-electron chi connectivity index (χ2n) is 4.03. The third kappa shape index (κ3) is 3.69. The number of pyridine rings is 1. The van der Waals surface area contributed by atoms with Crippen LogP contribution in [0.15, 0.2) is 41.0 Å². The Balaban J connectivity index is 2.02. The predicted molar refractivity (Wildman–Crippen MR) is 70.7 cm³/mol. The monoisotopic (exact) mass is 348 g/mol. The lowest BCUT2D eigenvalue weighted by molar-refractivity contribution is -0.141. The molecule has 1 N–H and O–H groups in total. The van der Waals surface area contributed by atoms with Gasteiger partial charge in [-0.2, -0.15) is 13.2 Å². The fraction of sp³-hybridized carbons (Fsp3) is 0.154. The molecule has 20 heavy (non-hydrogen) atoms. The molecule has 0 saturated carbocycles. The van der Waals surface area contributed by atoms with Gasteiger partial charge in [-0.05, 0) is 45.8 Å². The number of nitrogens with one attached hydrogen (secondary N) is 1. The van der Waals surface area contributed by atoms with E-state index in [0.717, 1.165) is 17.8 Å². The van der Waals surface area contributed by atoms with Crippen LogP contribution < -0.4 is 5.32 Å². The number of hydrogen-bond acceptors (Lipinski definition) is 2. The fourth-order valence-corrected chi connectivity index (χ4v) is 1.95. The van der Waals surface area contributed by atoms with Crippen LogP contribution >= 0.6 is 15.9 Å². The standard InChI is InChI=1S/C13H9BrF4N2/c14-10-5-8(1-3-11(10)15)6-19-9-2-4-12(20-7-9)13(16,17)18/h1-5,7,19H,6H2. The highest BCUT2D eigenvalue weighted by molar-refractivity contribution is 9.10. The Kier molecular flexibility index (Phi) is 4.27. The number of benzene rings is 1. The van der Waals surface area contributed by atoms with E-state index in [0.29, 0.717) is 16.7 Å². The van der Waals surface area contributed by atoms with E-state index in [-0.39, 0.29) is 5.82 Å². The van der Waals surface area contributed by atoms with Crippen molar-refractivity contribution in [1.82, 2.24) is 4.98 Å². The van der Waals surface area contributed by atoms with Gasteiger partial charge in [0.25, 0.3) is 0 Å². The lowest BCUT2D eigenvalue weighted by Gasteiger charge is -2.09. The summed E-state index contributed by atoms with van der Waals surface area (Å²) in [6.07, 6.45) is -3.33. The quantitative estimate of drug-likeness (QED) is 0.819. The Morgan fingerprint density at radius 2 is 1.90 bits per heavy atom. The van der Waals surface area contributed by atoms with Crippen LogP contribution in [0.2, 0.25) is 0 Å². The van der Waals surface area contributed by atoms with Crippen LogP contribution in [-0.2, 0) is 12.7 Å². The molecule has 0 aliphatic heterocycles. The molecule has 1 aromatic carbocycles. The van der Waals surface area contributed by atoms with E-state index in [1.807, 2.05) is 0 Å². The van der Waals surface area contributed by atoms with Gasteiger partial charge in [0.1, 0.15) is 11.5 Å². The molecule has 0 aliphatic carbocycles. The van der Waals surface area contributed by atoms with Gasteiger partial charge in [-0.25, -0.2) is 9.37 Å². The number of halogens is 5. The van der Waals surface area contributed by atoms with Crippen molar-refractivity contribution in [3.05, 3.63) is 58.1 Å². The Morgan fingerprint density at radius 3 is 2.45 bits per heavy atom. The first kappa shape index (κ1) is 14.8. The molecule has 0 atom stereocenters. The summed E-state index contributed by atoms with van der Waals surface area (Å²) in [5.41, 5.74) is 0.309. The van der Waals surface area contributed by atoms with E-state index in [9.17, 15) is 17.6 Å². The Hall–Kier alpha value is -1.63. The number of alkyl halides is 3. The minimum atomic E-state index is -4.44. The van der Waals surface area contributed by atoms with Gasteiger partial charge < -0.3 is 5.32 Å². The predicted octanol–water partition coefficient (Wildman–Crippen LogP) is 4.61. The van der Waals surface area contributed by atoms with Gasteiger partial charge in [-0.15, -0.1) is 0 Å². The lowest BCUT2D eigenvalue weighted by Crippen LogP contribution is -2.08. The van der Waals surface area contributed by atoms with Crippen LogP contribution in [0.25, 0.3) is 0 Å². The van der Waals surface area contributed by atoms with Crippen LogP contribution in [0, 0.1) is 5.82 Å². The number of nitrogens with zero attached hydrogens (tertiary/aromatic N) is 1. The van der Waals surface area contributed by atoms with Crippen molar-refractivity contribution in [2.24, 2.45) is 0 Å². The number of anilines is 1. The first-order valence-electron chi connectivity index (χ1n) is 5.57. The lowest BCUT2D eigenvalue weighted by atomic mass is 10.2. The minimum Gasteiger partial charge on any atom is -0.380 e. The van der Waals surface area contributed by atoms with E-state index in [2.05, 4.69) is 26.2 Å². The summed E-state index contributed by atoms with van der Waals surface area (Å²) in [7, 11) is 0. The molecule has 0 radical (unpaired) electrons. The van der Waals surface area contributed by atoms with Crippen molar-refractivity contribution in [3.63, 3.8) is 0 Å². The number of hydrogen-bond donors (Lipinski definition) is 1. The van der Waals surface area contributed by atoms with Gasteiger partial charge in [-0.1, -0.05) is 6.07 Å². The van der Waals surface area contributed by atoms with Crippen LogP contribution in [-0.4, -0.2) is 4.98 Å². The Labute approximate surface area is 121 Å². The molecule has 1 aromatic heterocycles. The molecule has 0 spiro atoms. The van der Waals surface area contributed by atoms with Gasteiger partial charge in [-0.3, -0.25) is 0 Å². The summed E-state index contributed by atoms with van der Waals surface area (Å²) in [4.78, 5) is 3.34. The highest BCUT2D eigenvalue weighted by Crippen LogP contribution is 2.27. The van der Waals surface area contributed by atoms with E-state index in [1.54, 1.807) is 12.1 Å². The van der Waals surface area contributed by atoms with Gasteiger partial charge in [0.2, 0.25) is 0 Å². The van der Waals surface area contributed by atoms with Crippen LogP contribution in [0.1, 0.15) is 11.3 Å². The topological polar surface area (TPSA) is 24.9 Å². The summed E-state index contributed by atoms with van der Waals surface area (Å²) in [5.74, 6) is -0.370. The molecule has 0 fully saturated rings. The van der Waals surface area contributed by atoms with Crippen molar-refractivity contribution in [2.45, 2.75) is 12.7 Å². The zero-order chi connectivity index (χ0) is 14.8. The molecular formula is C13H9BrF4N2. The average molecular weight is 349 g/mol. The highest BCUT2D eigenvalue weighted by atomic mass is 79.9. The van der Waals surface area contributed by atoms with Crippen LogP contribution in [0.3, 0.4) is 0 Å². The SMILES string of the molecule is Fc1ccc(CNc2ccc(C(F)(F)F)nc2)cc1Br. The van der Waals surface area contributed by atoms with E-state index in [4.69, 9.17) is 0 Å². The Morgan fingerprint density at radius 1 is 1.15 bits per heavy atom. The first-order valence-corrected chi connectivity index (χ1v) is 6.36. The molecule has 0 amide bonds. The largest absolute Gasteiger partial charge is 0.433 e. The molecule has 0 aliphatic rings. The molecule has 0 unspecified atom stereocenters. The third-order valence-electron chi connectivity index (χ3n) is 2.53. The zero-order valence-electron chi connectivity index (χ0n) is 10.0. The molecule has 106 valence electrons. The molecule has 2 nitrogen and oxygen atoms in total. The maximum Gasteiger partial charge on any atom is 0.433 e. The summed E-state index contributed by atoms with van der Waals surface area (Å²) >= 11 is 3.06. The van der Waals surface area contributed by atoms with E-state index >= 15 is 0 Å². The maximum absolute atomic E-state index is 13.0. The van der Waals surface area contributed by atoms with Crippen molar-refractivity contribution < 1.29 is 17.6 Å². The Bertz CT molecular complexity index is 596. The molecule has 2 rings (SSSR count). The van der Waals surface area contributed by atoms with Crippen molar-refractivity contribution in [2.75, 3.05) is 5.32 Å². The molecule has 0 bridgehead atoms. The van der Waals surface area contributed by atoms with Crippen LogP contribution in [0.4, 0.5) is 23.2 Å². The van der Waals surface area contributed by atoms with Gasteiger partial charge in [0.15, 0.2) is 0 Å². The highest BCUT2D eigenvalue weighted by Gasteiger charge is 2.31. The third-order valence-corrected chi connectivity index (χ3v) is 3.14. The minimum absolute atomic E-state index is 0.336. The smallest absolute Gasteiger partial charge is 0.380 e. The number of rotatable bonds is 3. The first-order chi connectivity index (χ1) is 9.36. The zero-order valence-corrected chi connectivity index (χ0v) is 11.6.